The van der Waals surface area contributed by atoms with Crippen LogP contribution in [-0.2, 0) is 19.6 Å². The molecule has 1 aliphatic heterocycles. The zero-order valence-corrected chi connectivity index (χ0v) is 15.8. The smallest absolute Gasteiger partial charge is 0.248 e. The van der Waals surface area contributed by atoms with E-state index in [4.69, 9.17) is 9.26 Å². The Morgan fingerprint density at radius 3 is 2.68 bits per heavy atom. The molecule has 0 spiro atoms. The summed E-state index contributed by atoms with van der Waals surface area (Å²) in [5, 5.41) is 6.74. The third kappa shape index (κ3) is 4.78. The Balaban J connectivity index is 1.98. The number of carbonyl (C=O) groups is 1. The van der Waals surface area contributed by atoms with E-state index < -0.39 is 10.0 Å². The first-order valence-corrected chi connectivity index (χ1v) is 9.72. The third-order valence-corrected chi connectivity index (χ3v) is 6.28. The average molecular weight is 374 g/mol. The Kier molecular flexibility index (Phi) is 6.94. The molecule has 0 saturated carbocycles. The fourth-order valence-electron chi connectivity index (χ4n) is 2.84. The second kappa shape index (κ2) is 8.75. The summed E-state index contributed by atoms with van der Waals surface area (Å²) in [7, 11) is -2.07. The van der Waals surface area contributed by atoms with Crippen molar-refractivity contribution >= 4 is 15.9 Å². The van der Waals surface area contributed by atoms with Crippen LogP contribution in [0.1, 0.15) is 17.9 Å². The molecule has 2 heterocycles. The van der Waals surface area contributed by atoms with Crippen LogP contribution in [0, 0.1) is 13.8 Å². The number of sulfonamides is 1. The molecule has 9 nitrogen and oxygen atoms in total. The second-order valence-electron chi connectivity index (χ2n) is 5.96. The zero-order chi connectivity index (χ0) is 18.4. The van der Waals surface area contributed by atoms with Crippen LogP contribution in [0.5, 0.6) is 0 Å². The molecule has 1 aromatic rings. The summed E-state index contributed by atoms with van der Waals surface area (Å²) < 4.78 is 37.0. The van der Waals surface area contributed by atoms with E-state index in [0.29, 0.717) is 44.9 Å². The number of carbonyl (C=O) groups excluding carboxylic acids is 1. The van der Waals surface area contributed by atoms with Crippen molar-refractivity contribution in [3.63, 3.8) is 0 Å². The third-order valence-electron chi connectivity index (χ3n) is 4.13. The lowest BCUT2D eigenvalue weighted by atomic mass is 10.4. The topological polar surface area (TPSA) is 105 Å². The Labute approximate surface area is 148 Å². The van der Waals surface area contributed by atoms with Crippen molar-refractivity contribution in [1.82, 2.24) is 19.7 Å². The maximum atomic E-state index is 12.9. The number of nitrogens with one attached hydrogen (secondary N) is 1. The predicted molar refractivity (Wildman–Crippen MR) is 90.7 cm³/mol. The summed E-state index contributed by atoms with van der Waals surface area (Å²) in [6.07, 6.45) is 0.590. The maximum Gasteiger partial charge on any atom is 0.248 e. The van der Waals surface area contributed by atoms with E-state index in [0.717, 1.165) is 0 Å². The molecule has 1 aliphatic rings. The van der Waals surface area contributed by atoms with Crippen molar-refractivity contribution in [2.75, 3.05) is 53.0 Å². The largest absolute Gasteiger partial charge is 0.383 e. The normalized spacial score (nSPS) is 16.8. The summed E-state index contributed by atoms with van der Waals surface area (Å²) in [5.74, 6) is 0.254. The molecular formula is C15H26N4O5S. The molecule has 0 unspecified atom stereocenters. The van der Waals surface area contributed by atoms with Gasteiger partial charge in [-0.15, -0.1) is 0 Å². The van der Waals surface area contributed by atoms with Crippen molar-refractivity contribution in [2.24, 2.45) is 0 Å². The van der Waals surface area contributed by atoms with Gasteiger partial charge in [-0.3, -0.25) is 4.79 Å². The van der Waals surface area contributed by atoms with Crippen LogP contribution in [0.4, 0.5) is 0 Å². The zero-order valence-electron chi connectivity index (χ0n) is 14.9. The Morgan fingerprint density at radius 2 is 2.04 bits per heavy atom. The highest BCUT2D eigenvalue weighted by molar-refractivity contribution is 7.89. The van der Waals surface area contributed by atoms with Crippen LogP contribution in [0.25, 0.3) is 0 Å². The number of aromatic nitrogens is 1. The number of rotatable bonds is 7. The minimum absolute atomic E-state index is 0.0345. The molecule has 0 aliphatic carbocycles. The van der Waals surface area contributed by atoms with Gasteiger partial charge in [-0.25, -0.2) is 8.42 Å². The fraction of sp³-hybridized carbons (Fsp3) is 0.733. The van der Waals surface area contributed by atoms with Gasteiger partial charge in [-0.2, -0.15) is 4.31 Å². The first kappa shape index (κ1) is 19.8. The van der Waals surface area contributed by atoms with Crippen LogP contribution in [0.15, 0.2) is 9.42 Å². The molecule has 25 heavy (non-hydrogen) atoms. The Morgan fingerprint density at radius 1 is 1.28 bits per heavy atom. The molecule has 1 N–H and O–H groups in total. The number of methoxy groups -OCH3 is 1. The summed E-state index contributed by atoms with van der Waals surface area (Å²) in [6, 6.07) is 0. The minimum atomic E-state index is -3.67. The highest BCUT2D eigenvalue weighted by Crippen LogP contribution is 2.24. The highest BCUT2D eigenvalue weighted by Gasteiger charge is 2.32. The molecule has 0 bridgehead atoms. The SMILES string of the molecule is COCCNCC(=O)N1CCCN(S(=O)(=O)c2c(C)noc2C)CC1. The minimum Gasteiger partial charge on any atom is -0.383 e. The number of nitrogens with zero attached hydrogens (tertiary/aromatic N) is 3. The fourth-order valence-corrected chi connectivity index (χ4v) is 4.60. The van der Waals surface area contributed by atoms with E-state index >= 15 is 0 Å². The lowest BCUT2D eigenvalue weighted by Gasteiger charge is -2.22. The van der Waals surface area contributed by atoms with Crippen molar-refractivity contribution < 1.29 is 22.5 Å². The number of hydrogen-bond acceptors (Lipinski definition) is 7. The van der Waals surface area contributed by atoms with Gasteiger partial charge >= 0.3 is 0 Å². The van der Waals surface area contributed by atoms with Gasteiger partial charge in [0.25, 0.3) is 0 Å². The summed E-state index contributed by atoms with van der Waals surface area (Å²) >= 11 is 0. The van der Waals surface area contributed by atoms with Crippen LogP contribution in [0.2, 0.25) is 0 Å². The molecule has 2 rings (SSSR count). The molecule has 10 heteroatoms. The van der Waals surface area contributed by atoms with Gasteiger partial charge in [0.15, 0.2) is 5.76 Å². The van der Waals surface area contributed by atoms with Gasteiger partial charge in [0.05, 0.1) is 13.2 Å². The standard InChI is InChI=1S/C15H26N4O5S/c1-12-15(13(2)24-17-12)25(21,22)19-7-4-6-18(8-9-19)14(20)11-16-5-10-23-3/h16H,4-11H2,1-3H3. The van der Waals surface area contributed by atoms with Gasteiger partial charge in [0.1, 0.15) is 10.6 Å². The predicted octanol–water partition coefficient (Wildman–Crippen LogP) is -0.250. The van der Waals surface area contributed by atoms with E-state index in [-0.39, 0.29) is 29.7 Å². The number of ether oxygens (including phenoxy) is 1. The van der Waals surface area contributed by atoms with Gasteiger partial charge in [-0.1, -0.05) is 5.16 Å². The molecule has 1 fully saturated rings. The first-order chi connectivity index (χ1) is 11.9. The summed E-state index contributed by atoms with van der Waals surface area (Å²) in [6.45, 7) is 6.10. The molecular weight excluding hydrogens is 348 g/mol. The van der Waals surface area contributed by atoms with Crippen LogP contribution >= 0.6 is 0 Å². The monoisotopic (exact) mass is 374 g/mol. The van der Waals surface area contributed by atoms with Crippen molar-refractivity contribution in [1.29, 1.82) is 0 Å². The average Bonchev–Trinajstić information content (AvgIpc) is 2.78. The van der Waals surface area contributed by atoms with Crippen molar-refractivity contribution in [3.8, 4) is 0 Å². The highest BCUT2D eigenvalue weighted by atomic mass is 32.2. The second-order valence-corrected chi connectivity index (χ2v) is 7.84. The molecule has 0 aromatic carbocycles. The Hall–Kier alpha value is -1.49. The van der Waals surface area contributed by atoms with E-state index in [9.17, 15) is 13.2 Å². The van der Waals surface area contributed by atoms with E-state index in [1.165, 1.54) is 4.31 Å². The quantitative estimate of drug-likeness (QED) is 0.656. The van der Waals surface area contributed by atoms with Gasteiger partial charge < -0.3 is 19.5 Å². The first-order valence-electron chi connectivity index (χ1n) is 8.28. The molecule has 142 valence electrons. The van der Waals surface area contributed by atoms with Crippen LogP contribution in [-0.4, -0.2) is 81.7 Å². The van der Waals surface area contributed by atoms with Crippen LogP contribution in [0.3, 0.4) is 0 Å². The van der Waals surface area contributed by atoms with E-state index in [1.54, 1.807) is 25.9 Å². The molecule has 1 amide bonds. The number of hydrogen-bond donors (Lipinski definition) is 1. The molecule has 1 aromatic heterocycles. The van der Waals surface area contributed by atoms with Gasteiger partial charge in [0, 0.05) is 39.8 Å². The van der Waals surface area contributed by atoms with Gasteiger partial charge in [0.2, 0.25) is 15.9 Å². The number of amides is 1. The Bertz CT molecular complexity index is 669. The lowest BCUT2D eigenvalue weighted by molar-refractivity contribution is -0.130. The molecule has 0 radical (unpaired) electrons. The number of aryl methyl sites for hydroxylation is 2. The van der Waals surface area contributed by atoms with Gasteiger partial charge in [-0.05, 0) is 20.3 Å². The van der Waals surface area contributed by atoms with Crippen molar-refractivity contribution in [2.45, 2.75) is 25.2 Å². The van der Waals surface area contributed by atoms with Crippen molar-refractivity contribution in [3.05, 3.63) is 11.5 Å². The summed E-state index contributed by atoms with van der Waals surface area (Å²) in [5.41, 5.74) is 0.358. The van der Waals surface area contributed by atoms with E-state index in [2.05, 4.69) is 10.5 Å². The maximum absolute atomic E-state index is 12.9. The lowest BCUT2D eigenvalue weighted by Crippen LogP contribution is -2.41. The molecule has 1 saturated heterocycles. The summed E-state index contributed by atoms with van der Waals surface area (Å²) in [4.78, 5) is 14.1. The van der Waals surface area contributed by atoms with E-state index in [1.807, 2.05) is 0 Å². The van der Waals surface area contributed by atoms with Crippen LogP contribution < -0.4 is 5.32 Å². The molecule has 0 atom stereocenters.